The Morgan fingerprint density at radius 1 is 1.07 bits per heavy atom. The molecule has 0 aromatic rings. The van der Waals surface area contributed by atoms with E-state index in [4.69, 9.17) is 15.3 Å². The third-order valence-electron chi connectivity index (χ3n) is 1.34. The Morgan fingerprint density at radius 2 is 1.47 bits per heavy atom. The monoisotopic (exact) mass is 281 g/mol. The SMILES string of the molecule is O=C(O)C(CS)NC(C(=O)O)C(=O)O.[Ni]. The van der Waals surface area contributed by atoms with E-state index in [0.29, 0.717) is 0 Å². The van der Waals surface area contributed by atoms with Gasteiger partial charge in [0.2, 0.25) is 6.04 Å². The van der Waals surface area contributed by atoms with Gasteiger partial charge in [-0.3, -0.25) is 10.1 Å². The van der Waals surface area contributed by atoms with Crippen molar-refractivity contribution in [2.24, 2.45) is 0 Å². The number of aliphatic carboxylic acids is 3. The molecule has 4 N–H and O–H groups in total. The van der Waals surface area contributed by atoms with Crippen molar-refractivity contribution in [3.05, 3.63) is 0 Å². The molecule has 0 aliphatic carbocycles. The predicted octanol–water partition coefficient (Wildman–Crippen LogP) is -1.51. The van der Waals surface area contributed by atoms with Gasteiger partial charge in [0, 0.05) is 22.2 Å². The van der Waals surface area contributed by atoms with Gasteiger partial charge in [0.05, 0.1) is 0 Å². The molecule has 1 unspecified atom stereocenters. The van der Waals surface area contributed by atoms with Crippen LogP contribution in [0.3, 0.4) is 0 Å². The van der Waals surface area contributed by atoms with Crippen LogP contribution in [0.2, 0.25) is 0 Å². The van der Waals surface area contributed by atoms with Crippen LogP contribution in [0.15, 0.2) is 0 Å². The summed E-state index contributed by atoms with van der Waals surface area (Å²) in [5.74, 6) is -4.85. The summed E-state index contributed by atoms with van der Waals surface area (Å²) in [5, 5.41) is 27.2. The van der Waals surface area contributed by atoms with E-state index in [9.17, 15) is 14.4 Å². The second kappa shape index (κ2) is 7.50. The fraction of sp³-hybridized carbons (Fsp3) is 0.500. The maximum atomic E-state index is 10.4. The summed E-state index contributed by atoms with van der Waals surface area (Å²) in [6.07, 6.45) is 0. The molecule has 0 saturated heterocycles. The van der Waals surface area contributed by atoms with Crippen LogP contribution in [-0.4, -0.2) is 51.1 Å². The topological polar surface area (TPSA) is 124 Å². The molecule has 15 heavy (non-hydrogen) atoms. The molecular weight excluding hydrogens is 273 g/mol. The molecule has 0 saturated carbocycles. The number of thiol groups is 1. The molecule has 0 radical (unpaired) electrons. The molecule has 0 aromatic carbocycles. The molecule has 7 nitrogen and oxygen atoms in total. The van der Waals surface area contributed by atoms with Crippen LogP contribution in [0, 0.1) is 0 Å². The summed E-state index contributed by atoms with van der Waals surface area (Å²) in [7, 11) is 0. The number of carboxylic acids is 3. The molecule has 90 valence electrons. The summed E-state index contributed by atoms with van der Waals surface area (Å²) in [6, 6.07) is -3.25. The van der Waals surface area contributed by atoms with Gasteiger partial charge in [0.15, 0.2) is 0 Å². The van der Waals surface area contributed by atoms with Gasteiger partial charge < -0.3 is 15.3 Å². The summed E-state index contributed by atoms with van der Waals surface area (Å²) < 4.78 is 0. The average molecular weight is 282 g/mol. The Hall–Kier alpha value is -0.786. The Bertz CT molecular complexity index is 246. The van der Waals surface area contributed by atoms with E-state index in [1.807, 2.05) is 5.32 Å². The first-order chi connectivity index (χ1) is 6.40. The fourth-order valence-corrected chi connectivity index (χ4v) is 0.913. The summed E-state index contributed by atoms with van der Waals surface area (Å²) in [4.78, 5) is 31.1. The van der Waals surface area contributed by atoms with E-state index in [0.717, 1.165) is 0 Å². The van der Waals surface area contributed by atoms with E-state index in [-0.39, 0.29) is 22.2 Å². The fourth-order valence-electron chi connectivity index (χ4n) is 0.651. The van der Waals surface area contributed by atoms with Crippen molar-refractivity contribution in [2.75, 3.05) is 5.75 Å². The second-order valence-corrected chi connectivity index (χ2v) is 2.71. The summed E-state index contributed by atoms with van der Waals surface area (Å²) >= 11 is 3.64. The summed E-state index contributed by atoms with van der Waals surface area (Å²) in [5.41, 5.74) is 0. The minimum absolute atomic E-state index is 0. The predicted molar refractivity (Wildman–Crippen MR) is 47.5 cm³/mol. The molecule has 0 spiro atoms. The molecule has 0 amide bonds. The molecule has 0 heterocycles. The number of hydrogen-bond donors (Lipinski definition) is 5. The van der Waals surface area contributed by atoms with Gasteiger partial charge in [-0.25, -0.2) is 9.59 Å². The Morgan fingerprint density at radius 3 is 1.67 bits per heavy atom. The minimum atomic E-state index is -1.94. The van der Waals surface area contributed by atoms with Gasteiger partial charge in [-0.2, -0.15) is 12.6 Å². The van der Waals surface area contributed by atoms with Crippen molar-refractivity contribution >= 4 is 30.5 Å². The molecule has 1 atom stereocenters. The van der Waals surface area contributed by atoms with Crippen LogP contribution < -0.4 is 5.32 Å². The van der Waals surface area contributed by atoms with Gasteiger partial charge in [-0.15, -0.1) is 0 Å². The number of carboxylic acid groups (broad SMARTS) is 3. The van der Waals surface area contributed by atoms with Crippen molar-refractivity contribution in [2.45, 2.75) is 12.1 Å². The van der Waals surface area contributed by atoms with Crippen LogP contribution >= 0.6 is 12.6 Å². The third-order valence-corrected chi connectivity index (χ3v) is 1.71. The zero-order valence-corrected chi connectivity index (χ0v) is 9.07. The van der Waals surface area contributed by atoms with Gasteiger partial charge in [-0.1, -0.05) is 0 Å². The van der Waals surface area contributed by atoms with Crippen molar-refractivity contribution < 1.29 is 46.2 Å². The standard InChI is InChI=1S/C6H9NO6S.Ni/c8-4(9)2(1-14)7-3(5(10)11)6(12)13;/h2-3,7,14H,1H2,(H,8,9)(H,10,11)(H,12,13);. The molecule has 0 aliphatic rings. The van der Waals surface area contributed by atoms with E-state index < -0.39 is 30.0 Å². The van der Waals surface area contributed by atoms with E-state index in [2.05, 4.69) is 12.6 Å². The summed E-state index contributed by atoms with van der Waals surface area (Å²) in [6.45, 7) is 0. The maximum Gasteiger partial charge on any atom is 0.332 e. The van der Waals surface area contributed by atoms with Crippen molar-refractivity contribution in [1.82, 2.24) is 5.32 Å². The number of carbonyl (C=O) groups is 3. The van der Waals surface area contributed by atoms with Gasteiger partial charge in [-0.05, 0) is 0 Å². The van der Waals surface area contributed by atoms with Crippen LogP contribution in [0.1, 0.15) is 0 Å². The van der Waals surface area contributed by atoms with Gasteiger partial charge >= 0.3 is 17.9 Å². The maximum absolute atomic E-state index is 10.4. The van der Waals surface area contributed by atoms with E-state index in [1.54, 1.807) is 0 Å². The van der Waals surface area contributed by atoms with Gasteiger partial charge in [0.1, 0.15) is 6.04 Å². The average Bonchev–Trinajstić information content (AvgIpc) is 2.03. The molecule has 0 aromatic heterocycles. The largest absolute Gasteiger partial charge is 0.480 e. The molecule has 9 heteroatoms. The van der Waals surface area contributed by atoms with Crippen LogP contribution in [0.4, 0.5) is 0 Å². The Labute approximate surface area is 100 Å². The van der Waals surface area contributed by atoms with Crippen LogP contribution in [0.25, 0.3) is 0 Å². The zero-order chi connectivity index (χ0) is 11.3. The van der Waals surface area contributed by atoms with Crippen LogP contribution in [0.5, 0.6) is 0 Å². The van der Waals surface area contributed by atoms with Gasteiger partial charge in [0.25, 0.3) is 0 Å². The van der Waals surface area contributed by atoms with Crippen LogP contribution in [-0.2, 0) is 30.9 Å². The number of nitrogens with one attached hydrogen (secondary N) is 1. The third kappa shape index (κ3) is 5.61. The normalized spacial score (nSPS) is 11.6. The minimum Gasteiger partial charge on any atom is -0.480 e. The number of hydrogen-bond acceptors (Lipinski definition) is 5. The zero-order valence-electron chi connectivity index (χ0n) is 7.19. The van der Waals surface area contributed by atoms with Crippen molar-refractivity contribution in [3.8, 4) is 0 Å². The number of rotatable bonds is 6. The molecular formula is C6H9NNiO6S. The Balaban J connectivity index is 0. The van der Waals surface area contributed by atoms with E-state index in [1.165, 1.54) is 0 Å². The van der Waals surface area contributed by atoms with E-state index >= 15 is 0 Å². The first-order valence-corrected chi connectivity index (χ1v) is 4.08. The Kier molecular flexibility index (Phi) is 8.32. The quantitative estimate of drug-likeness (QED) is 0.228. The van der Waals surface area contributed by atoms with Crippen molar-refractivity contribution in [1.29, 1.82) is 0 Å². The molecule has 0 rings (SSSR count). The van der Waals surface area contributed by atoms with Crippen molar-refractivity contribution in [3.63, 3.8) is 0 Å². The first-order valence-electron chi connectivity index (χ1n) is 3.45. The molecule has 0 bridgehead atoms. The molecule has 0 aliphatic heterocycles. The first kappa shape index (κ1) is 16.6. The molecule has 0 fully saturated rings. The second-order valence-electron chi connectivity index (χ2n) is 2.35. The smallest absolute Gasteiger partial charge is 0.332 e.